The van der Waals surface area contributed by atoms with Crippen LogP contribution in [0.15, 0.2) is 36.5 Å². The number of allylic oxidation sites excluding steroid dienone is 6. The molecular weight excluding hydrogens is 629 g/mol. The lowest BCUT2D eigenvalue weighted by molar-refractivity contribution is -0.161. The molecule has 48 heavy (non-hydrogen) atoms. The third-order valence-corrected chi connectivity index (χ3v) is 8.76. The normalized spacial score (nSPS) is 13.8. The van der Waals surface area contributed by atoms with Gasteiger partial charge in [0.05, 0.1) is 13.2 Å². The third-order valence-electron chi connectivity index (χ3n) is 7.78. The average Bonchev–Trinajstić information content (AvgIpc) is 3.07. The van der Waals surface area contributed by atoms with Crippen LogP contribution in [0.4, 0.5) is 0 Å². The molecule has 0 saturated carbocycles. The van der Waals surface area contributed by atoms with E-state index in [2.05, 4.69) is 50.3 Å². The van der Waals surface area contributed by atoms with Crippen LogP contribution in [-0.4, -0.2) is 49.3 Å². The van der Waals surface area contributed by atoms with E-state index in [9.17, 15) is 19.0 Å². The van der Waals surface area contributed by atoms with Crippen LogP contribution in [0.3, 0.4) is 0 Å². The van der Waals surface area contributed by atoms with Crippen LogP contribution in [0.25, 0.3) is 0 Å². The molecule has 280 valence electrons. The van der Waals surface area contributed by atoms with E-state index < -0.39 is 32.5 Å². The molecule has 0 fully saturated rings. The van der Waals surface area contributed by atoms with E-state index in [0.29, 0.717) is 6.42 Å². The second-order valence-corrected chi connectivity index (χ2v) is 13.9. The highest BCUT2D eigenvalue weighted by atomic mass is 31.2. The van der Waals surface area contributed by atoms with E-state index in [1.54, 1.807) is 0 Å². The smallest absolute Gasteiger partial charge is 0.462 e. The maximum atomic E-state index is 12.5. The molecule has 0 radical (unpaired) electrons. The number of carbonyl (C=O) groups excluding carboxylic acids is 2. The fourth-order valence-corrected chi connectivity index (χ4v) is 5.70. The summed E-state index contributed by atoms with van der Waals surface area (Å²) in [6, 6.07) is 0. The van der Waals surface area contributed by atoms with Crippen molar-refractivity contribution < 1.29 is 37.6 Å². The van der Waals surface area contributed by atoms with Gasteiger partial charge in [-0.05, 0) is 51.4 Å². The molecule has 1 unspecified atom stereocenters. The Morgan fingerprint density at radius 1 is 0.625 bits per heavy atom. The second-order valence-electron chi connectivity index (χ2n) is 12.4. The van der Waals surface area contributed by atoms with E-state index in [0.717, 1.165) is 57.8 Å². The van der Waals surface area contributed by atoms with Crippen molar-refractivity contribution in [3.8, 4) is 0 Å². The minimum absolute atomic E-state index is 0.0495. The zero-order valence-electron chi connectivity index (χ0n) is 30.5. The Morgan fingerprint density at radius 2 is 1.08 bits per heavy atom. The standard InChI is InChI=1S/C38H70NO8P/c1-3-5-7-9-11-13-15-16-17-18-19-20-21-23-25-27-29-31-38(41)47-36(35-46-48(42,43)45-33-32-39)34-44-37(40)30-28-26-24-22-14-12-10-8-6-4-2/h11,13,16-17,19-20,36H,3-10,12,14-15,18,21-35,39H2,1-2H3,(H,42,43)/b13-11+,17-16+,20-19+/t36-/m1/s1. The number of hydrogen-bond acceptors (Lipinski definition) is 8. The largest absolute Gasteiger partial charge is 0.472 e. The van der Waals surface area contributed by atoms with Crippen LogP contribution >= 0.6 is 7.82 Å². The van der Waals surface area contributed by atoms with E-state index in [1.807, 2.05) is 0 Å². The molecule has 0 aliphatic heterocycles. The van der Waals surface area contributed by atoms with Gasteiger partial charge in [0.25, 0.3) is 0 Å². The van der Waals surface area contributed by atoms with Gasteiger partial charge in [0.1, 0.15) is 6.61 Å². The quantitative estimate of drug-likeness (QED) is 0.0287. The molecule has 2 atom stereocenters. The molecule has 10 heteroatoms. The molecule has 0 bridgehead atoms. The molecule has 0 saturated heterocycles. The Bertz CT molecular complexity index is 892. The number of nitrogens with two attached hydrogens (primary N) is 1. The number of unbranched alkanes of at least 4 members (excludes halogenated alkanes) is 16. The summed E-state index contributed by atoms with van der Waals surface area (Å²) >= 11 is 0. The molecule has 0 amide bonds. The van der Waals surface area contributed by atoms with Gasteiger partial charge < -0.3 is 20.1 Å². The van der Waals surface area contributed by atoms with Crippen LogP contribution in [0.5, 0.6) is 0 Å². The number of phosphoric ester groups is 1. The Labute approximate surface area is 293 Å². The van der Waals surface area contributed by atoms with Crippen molar-refractivity contribution in [1.29, 1.82) is 0 Å². The summed E-state index contributed by atoms with van der Waals surface area (Å²) in [4.78, 5) is 34.6. The van der Waals surface area contributed by atoms with Crippen molar-refractivity contribution in [1.82, 2.24) is 0 Å². The first-order chi connectivity index (χ1) is 23.3. The molecule has 0 aromatic heterocycles. The first kappa shape index (κ1) is 46.2. The topological polar surface area (TPSA) is 134 Å². The van der Waals surface area contributed by atoms with Gasteiger partial charge in [-0.3, -0.25) is 18.6 Å². The summed E-state index contributed by atoms with van der Waals surface area (Å²) in [7, 11) is -4.37. The Kier molecular flexibility index (Phi) is 33.8. The molecule has 0 heterocycles. The lowest BCUT2D eigenvalue weighted by Crippen LogP contribution is -2.29. The van der Waals surface area contributed by atoms with Gasteiger partial charge in [-0.25, -0.2) is 4.57 Å². The van der Waals surface area contributed by atoms with Gasteiger partial charge in [0.15, 0.2) is 6.10 Å². The van der Waals surface area contributed by atoms with Gasteiger partial charge in [0, 0.05) is 19.4 Å². The first-order valence-corrected chi connectivity index (χ1v) is 20.5. The summed E-state index contributed by atoms with van der Waals surface area (Å²) in [5.74, 6) is -0.856. The number of ether oxygens (including phenoxy) is 2. The van der Waals surface area contributed by atoms with Gasteiger partial charge in [-0.15, -0.1) is 0 Å². The van der Waals surface area contributed by atoms with Crippen LogP contribution in [0.2, 0.25) is 0 Å². The third kappa shape index (κ3) is 34.1. The van der Waals surface area contributed by atoms with E-state index in [4.69, 9.17) is 24.3 Å². The molecule has 3 N–H and O–H groups in total. The maximum Gasteiger partial charge on any atom is 0.472 e. The molecular formula is C38H70NO8P. The Balaban J connectivity index is 4.27. The molecule has 0 aromatic rings. The van der Waals surface area contributed by atoms with Gasteiger partial charge in [-0.1, -0.05) is 134 Å². The average molecular weight is 700 g/mol. The lowest BCUT2D eigenvalue weighted by Gasteiger charge is -2.19. The second kappa shape index (κ2) is 35.1. The predicted octanol–water partition coefficient (Wildman–Crippen LogP) is 10.2. The van der Waals surface area contributed by atoms with E-state index >= 15 is 0 Å². The summed E-state index contributed by atoms with van der Waals surface area (Å²) in [5, 5.41) is 0. The summed E-state index contributed by atoms with van der Waals surface area (Å²) in [6.45, 7) is 3.65. The van der Waals surface area contributed by atoms with Crippen molar-refractivity contribution in [2.75, 3.05) is 26.4 Å². The maximum absolute atomic E-state index is 12.5. The zero-order chi connectivity index (χ0) is 35.4. The number of rotatable bonds is 35. The monoisotopic (exact) mass is 699 g/mol. The minimum atomic E-state index is -4.37. The molecule has 0 spiro atoms. The van der Waals surface area contributed by atoms with E-state index in [1.165, 1.54) is 70.6 Å². The SMILES string of the molecule is CCCCC/C=C/C/C=C/C/C=C/CCCCCCC(=O)O[C@H](COC(=O)CCCCCCCCCCCC)COP(=O)(O)OCCN. The van der Waals surface area contributed by atoms with Gasteiger partial charge in [-0.2, -0.15) is 0 Å². The minimum Gasteiger partial charge on any atom is -0.462 e. The van der Waals surface area contributed by atoms with Crippen molar-refractivity contribution in [3.63, 3.8) is 0 Å². The predicted molar refractivity (Wildman–Crippen MR) is 197 cm³/mol. The van der Waals surface area contributed by atoms with Crippen molar-refractivity contribution in [3.05, 3.63) is 36.5 Å². The first-order valence-electron chi connectivity index (χ1n) is 19.0. The highest BCUT2D eigenvalue weighted by molar-refractivity contribution is 7.47. The van der Waals surface area contributed by atoms with Crippen LogP contribution in [0, 0.1) is 0 Å². The summed E-state index contributed by atoms with van der Waals surface area (Å²) in [5.41, 5.74) is 5.32. The van der Waals surface area contributed by atoms with Crippen LogP contribution < -0.4 is 5.73 Å². The zero-order valence-corrected chi connectivity index (χ0v) is 31.4. The highest BCUT2D eigenvalue weighted by Gasteiger charge is 2.25. The molecule has 0 aromatic carbocycles. The van der Waals surface area contributed by atoms with Crippen molar-refractivity contribution in [2.24, 2.45) is 5.73 Å². The number of phosphoric acid groups is 1. The molecule has 9 nitrogen and oxygen atoms in total. The number of esters is 2. The fourth-order valence-electron chi connectivity index (χ4n) is 4.93. The fraction of sp³-hybridized carbons (Fsp3) is 0.789. The lowest BCUT2D eigenvalue weighted by atomic mass is 10.1. The Morgan fingerprint density at radius 3 is 1.65 bits per heavy atom. The Hall–Kier alpha value is -1.77. The van der Waals surface area contributed by atoms with E-state index in [-0.39, 0.29) is 32.6 Å². The van der Waals surface area contributed by atoms with Gasteiger partial charge in [0.2, 0.25) is 0 Å². The van der Waals surface area contributed by atoms with Crippen molar-refractivity contribution in [2.45, 2.75) is 168 Å². The van der Waals surface area contributed by atoms with Crippen LogP contribution in [-0.2, 0) is 32.7 Å². The summed E-state index contributed by atoms with van der Waals surface area (Å²) < 4.78 is 32.6. The summed E-state index contributed by atoms with van der Waals surface area (Å²) in [6.07, 6.45) is 36.0. The van der Waals surface area contributed by atoms with Crippen LogP contribution in [0.1, 0.15) is 162 Å². The molecule has 0 aliphatic rings. The molecule has 0 rings (SSSR count). The number of carbonyl (C=O) groups is 2. The highest BCUT2D eigenvalue weighted by Crippen LogP contribution is 2.43. The molecule has 0 aliphatic carbocycles. The van der Waals surface area contributed by atoms with Crippen molar-refractivity contribution >= 4 is 19.8 Å². The van der Waals surface area contributed by atoms with Gasteiger partial charge >= 0.3 is 19.8 Å². The number of hydrogen-bond donors (Lipinski definition) is 2.